The first kappa shape index (κ1) is 15.2. The van der Waals surface area contributed by atoms with Gasteiger partial charge < -0.3 is 15.0 Å². The monoisotopic (exact) mass is 269 g/mol. The Morgan fingerprint density at radius 1 is 1.63 bits per heavy atom. The van der Waals surface area contributed by atoms with Gasteiger partial charge in [-0.3, -0.25) is 14.9 Å². The number of carbonyl (C=O) groups is 1. The van der Waals surface area contributed by atoms with Gasteiger partial charge in [0.1, 0.15) is 5.69 Å². The SMILES string of the molecule is CCC(C)(CCO)NC(=O)c1cc([N+](=O)[O-])cn1C. The molecule has 1 heterocycles. The van der Waals surface area contributed by atoms with Gasteiger partial charge >= 0.3 is 0 Å². The quantitative estimate of drug-likeness (QED) is 0.599. The molecule has 0 aliphatic rings. The highest BCUT2D eigenvalue weighted by Gasteiger charge is 2.26. The Labute approximate surface area is 111 Å². The van der Waals surface area contributed by atoms with Crippen LogP contribution in [0.1, 0.15) is 37.2 Å². The first-order chi connectivity index (χ1) is 8.83. The summed E-state index contributed by atoms with van der Waals surface area (Å²) in [6.07, 6.45) is 2.39. The van der Waals surface area contributed by atoms with Crippen LogP contribution < -0.4 is 5.32 Å². The van der Waals surface area contributed by atoms with Crippen molar-refractivity contribution < 1.29 is 14.8 Å². The van der Waals surface area contributed by atoms with Crippen molar-refractivity contribution in [2.45, 2.75) is 32.2 Å². The molecule has 0 radical (unpaired) electrons. The minimum Gasteiger partial charge on any atom is -0.396 e. The van der Waals surface area contributed by atoms with Crippen molar-refractivity contribution in [2.75, 3.05) is 6.61 Å². The number of carbonyl (C=O) groups excluding carboxylic acids is 1. The number of nitrogens with zero attached hydrogens (tertiary/aromatic N) is 2. The molecule has 1 unspecified atom stereocenters. The molecular weight excluding hydrogens is 250 g/mol. The summed E-state index contributed by atoms with van der Waals surface area (Å²) in [5.41, 5.74) is -0.414. The molecule has 0 bridgehead atoms. The van der Waals surface area contributed by atoms with Crippen LogP contribution in [0.5, 0.6) is 0 Å². The summed E-state index contributed by atoms with van der Waals surface area (Å²) in [5, 5.41) is 22.5. The summed E-state index contributed by atoms with van der Waals surface area (Å²) in [4.78, 5) is 22.2. The van der Waals surface area contributed by atoms with E-state index in [1.54, 1.807) is 7.05 Å². The van der Waals surface area contributed by atoms with E-state index < -0.39 is 10.5 Å². The lowest BCUT2D eigenvalue weighted by Gasteiger charge is -2.28. The van der Waals surface area contributed by atoms with Crippen molar-refractivity contribution in [3.05, 3.63) is 28.1 Å². The molecule has 1 rings (SSSR count). The van der Waals surface area contributed by atoms with Crippen molar-refractivity contribution in [2.24, 2.45) is 7.05 Å². The van der Waals surface area contributed by atoms with E-state index >= 15 is 0 Å². The Kier molecular flexibility index (Phi) is 4.66. The van der Waals surface area contributed by atoms with Crippen molar-refractivity contribution in [3.63, 3.8) is 0 Å². The molecule has 7 nitrogen and oxygen atoms in total. The summed E-state index contributed by atoms with van der Waals surface area (Å²) in [6.45, 7) is 3.71. The highest BCUT2D eigenvalue weighted by atomic mass is 16.6. The fourth-order valence-electron chi connectivity index (χ4n) is 1.79. The minimum atomic E-state index is -0.538. The van der Waals surface area contributed by atoms with Crippen molar-refractivity contribution in [1.82, 2.24) is 9.88 Å². The third-order valence-electron chi connectivity index (χ3n) is 3.29. The van der Waals surface area contributed by atoms with Crippen LogP contribution in [0.2, 0.25) is 0 Å². The zero-order chi connectivity index (χ0) is 14.6. The standard InChI is InChI=1S/C12H19N3O4/c1-4-12(2,5-6-16)13-11(17)10-7-9(15(18)19)8-14(10)3/h7-8,16H,4-6H2,1-3H3,(H,13,17). The molecule has 0 saturated heterocycles. The molecule has 0 aliphatic carbocycles. The zero-order valence-electron chi connectivity index (χ0n) is 11.3. The predicted molar refractivity (Wildman–Crippen MR) is 69.9 cm³/mol. The number of aromatic nitrogens is 1. The number of rotatable bonds is 6. The van der Waals surface area contributed by atoms with Gasteiger partial charge in [-0.2, -0.15) is 0 Å². The molecular formula is C12H19N3O4. The van der Waals surface area contributed by atoms with Gasteiger partial charge in [0.2, 0.25) is 0 Å². The fraction of sp³-hybridized carbons (Fsp3) is 0.583. The number of amides is 1. The second-order valence-electron chi connectivity index (χ2n) is 4.79. The summed E-state index contributed by atoms with van der Waals surface area (Å²) in [6, 6.07) is 1.24. The zero-order valence-corrected chi connectivity index (χ0v) is 11.3. The molecule has 0 fully saturated rings. The molecule has 1 aromatic rings. The first-order valence-electron chi connectivity index (χ1n) is 6.07. The molecule has 1 amide bonds. The van der Waals surface area contributed by atoms with Gasteiger partial charge in [0.05, 0.1) is 11.1 Å². The molecule has 1 aromatic heterocycles. The molecule has 7 heteroatoms. The third kappa shape index (κ3) is 3.54. The fourth-order valence-corrected chi connectivity index (χ4v) is 1.79. The van der Waals surface area contributed by atoms with E-state index in [1.165, 1.54) is 16.8 Å². The molecule has 0 saturated carbocycles. The van der Waals surface area contributed by atoms with Crippen LogP contribution in [0, 0.1) is 10.1 Å². The van der Waals surface area contributed by atoms with Crippen LogP contribution in [0.25, 0.3) is 0 Å². The molecule has 0 aromatic carbocycles. The average molecular weight is 269 g/mol. The highest BCUT2D eigenvalue weighted by Crippen LogP contribution is 2.18. The van der Waals surface area contributed by atoms with Crippen LogP contribution in [0.3, 0.4) is 0 Å². The van der Waals surface area contributed by atoms with E-state index in [9.17, 15) is 14.9 Å². The predicted octanol–water partition coefficient (Wildman–Crippen LogP) is 1.21. The van der Waals surface area contributed by atoms with Gasteiger partial charge in [-0.1, -0.05) is 6.92 Å². The smallest absolute Gasteiger partial charge is 0.287 e. The van der Waals surface area contributed by atoms with E-state index in [1.807, 2.05) is 13.8 Å². The van der Waals surface area contributed by atoms with Gasteiger partial charge in [-0.15, -0.1) is 0 Å². The third-order valence-corrected chi connectivity index (χ3v) is 3.29. The number of nitrogens with one attached hydrogen (secondary N) is 1. The molecule has 1 atom stereocenters. The lowest BCUT2D eigenvalue weighted by atomic mass is 9.95. The lowest BCUT2D eigenvalue weighted by Crippen LogP contribution is -2.46. The van der Waals surface area contributed by atoms with Gasteiger partial charge in [0.25, 0.3) is 11.6 Å². The van der Waals surface area contributed by atoms with E-state index in [-0.39, 0.29) is 23.9 Å². The number of aliphatic hydroxyl groups excluding tert-OH is 1. The van der Waals surface area contributed by atoms with Crippen LogP contribution in [0.4, 0.5) is 5.69 Å². The summed E-state index contributed by atoms with van der Waals surface area (Å²) < 4.78 is 1.42. The maximum Gasteiger partial charge on any atom is 0.287 e. The topological polar surface area (TPSA) is 97.4 Å². The van der Waals surface area contributed by atoms with Crippen molar-refractivity contribution >= 4 is 11.6 Å². The van der Waals surface area contributed by atoms with Gasteiger partial charge in [0, 0.05) is 25.3 Å². The molecule has 19 heavy (non-hydrogen) atoms. The summed E-state index contributed by atoms with van der Waals surface area (Å²) in [7, 11) is 1.58. The highest BCUT2D eigenvalue weighted by molar-refractivity contribution is 5.94. The maximum absolute atomic E-state index is 12.1. The summed E-state index contributed by atoms with van der Waals surface area (Å²) in [5.74, 6) is -0.381. The second kappa shape index (κ2) is 5.83. The van der Waals surface area contributed by atoms with Gasteiger partial charge in [0.15, 0.2) is 0 Å². The van der Waals surface area contributed by atoms with Crippen molar-refractivity contribution in [3.8, 4) is 0 Å². The van der Waals surface area contributed by atoms with Crippen LogP contribution >= 0.6 is 0 Å². The van der Waals surface area contributed by atoms with E-state index in [0.29, 0.717) is 12.8 Å². The average Bonchev–Trinajstić information content (AvgIpc) is 2.72. The Morgan fingerprint density at radius 2 is 2.26 bits per heavy atom. The normalized spacial score (nSPS) is 13.9. The Balaban J connectivity index is 2.91. The van der Waals surface area contributed by atoms with E-state index in [4.69, 9.17) is 5.11 Å². The molecule has 2 N–H and O–H groups in total. The van der Waals surface area contributed by atoms with Crippen LogP contribution in [-0.2, 0) is 7.05 Å². The first-order valence-corrected chi connectivity index (χ1v) is 6.07. The Hall–Kier alpha value is -1.89. The lowest BCUT2D eigenvalue weighted by molar-refractivity contribution is -0.384. The van der Waals surface area contributed by atoms with Crippen LogP contribution in [0.15, 0.2) is 12.3 Å². The number of aryl methyl sites for hydroxylation is 1. The Bertz CT molecular complexity index is 483. The minimum absolute atomic E-state index is 0.0299. The molecule has 106 valence electrons. The second-order valence-corrected chi connectivity index (χ2v) is 4.79. The maximum atomic E-state index is 12.1. The Morgan fingerprint density at radius 3 is 2.68 bits per heavy atom. The number of hydrogen-bond acceptors (Lipinski definition) is 4. The number of aliphatic hydroxyl groups is 1. The van der Waals surface area contributed by atoms with Gasteiger partial charge in [-0.05, 0) is 19.8 Å². The van der Waals surface area contributed by atoms with Crippen molar-refractivity contribution in [1.29, 1.82) is 0 Å². The molecule has 0 aliphatic heterocycles. The van der Waals surface area contributed by atoms with Gasteiger partial charge in [-0.25, -0.2) is 0 Å². The van der Waals surface area contributed by atoms with E-state index in [0.717, 1.165) is 0 Å². The molecule has 0 spiro atoms. The number of hydrogen-bond donors (Lipinski definition) is 2. The van der Waals surface area contributed by atoms with E-state index in [2.05, 4.69) is 5.32 Å². The largest absolute Gasteiger partial charge is 0.396 e. The number of nitro groups is 1. The van der Waals surface area contributed by atoms with Crippen LogP contribution in [-0.4, -0.2) is 32.6 Å². The summed E-state index contributed by atoms with van der Waals surface area (Å²) >= 11 is 0.